The van der Waals surface area contributed by atoms with E-state index in [0.717, 1.165) is 0 Å². The Morgan fingerprint density at radius 2 is 2.25 bits per heavy atom. The summed E-state index contributed by atoms with van der Waals surface area (Å²) in [6, 6.07) is 4.82. The van der Waals surface area contributed by atoms with Crippen LogP contribution in [-0.2, 0) is 0 Å². The Balaban J connectivity index is 2.88. The van der Waals surface area contributed by atoms with E-state index in [2.05, 4.69) is 10.6 Å². The predicted molar refractivity (Wildman–Crippen MR) is 65.1 cm³/mol. The summed E-state index contributed by atoms with van der Waals surface area (Å²) in [6.07, 6.45) is 0. The molecule has 1 unspecified atom stereocenters. The fourth-order valence-electron chi connectivity index (χ4n) is 1.20. The van der Waals surface area contributed by atoms with Gasteiger partial charge >= 0.3 is 0 Å². The average molecular weight is 244 g/mol. The van der Waals surface area contributed by atoms with Crippen molar-refractivity contribution in [3.05, 3.63) is 33.3 Å². The second kappa shape index (κ2) is 5.67. The van der Waals surface area contributed by atoms with Crippen molar-refractivity contribution in [3.8, 4) is 0 Å². The molecule has 0 radical (unpaired) electrons. The molecule has 0 saturated heterocycles. The van der Waals surface area contributed by atoms with Crippen LogP contribution in [0.3, 0.4) is 0 Å². The Kier molecular flexibility index (Phi) is 4.52. The number of hydrogen-bond donors (Lipinski definition) is 2. The summed E-state index contributed by atoms with van der Waals surface area (Å²) in [5, 5.41) is 17.1. The number of benzene rings is 1. The van der Waals surface area contributed by atoms with Gasteiger partial charge in [-0.2, -0.15) is 0 Å². The number of rotatable bonds is 5. The molecular formula is C10H14ClN3O2. The Bertz CT molecular complexity index is 384. The van der Waals surface area contributed by atoms with Crippen molar-refractivity contribution in [1.29, 1.82) is 0 Å². The van der Waals surface area contributed by atoms with E-state index >= 15 is 0 Å². The molecule has 1 rings (SSSR count). The molecule has 0 amide bonds. The molecule has 1 aromatic carbocycles. The quantitative estimate of drug-likeness (QED) is 0.615. The van der Waals surface area contributed by atoms with E-state index in [1.807, 2.05) is 14.0 Å². The van der Waals surface area contributed by atoms with Gasteiger partial charge in [0.05, 0.1) is 9.95 Å². The third-order valence-electron chi connectivity index (χ3n) is 2.27. The molecule has 2 N–H and O–H groups in total. The zero-order valence-electron chi connectivity index (χ0n) is 9.16. The topological polar surface area (TPSA) is 67.2 Å². The number of halogens is 1. The largest absolute Gasteiger partial charge is 0.377 e. The molecule has 0 bridgehead atoms. The van der Waals surface area contributed by atoms with Crippen LogP contribution in [0.2, 0.25) is 5.02 Å². The standard InChI is InChI=1S/C10H14ClN3O2/c1-7(12-2)6-13-10-8(11)4-3-5-9(10)14(15)16/h3-5,7,12-13H,6H2,1-2H3. The van der Waals surface area contributed by atoms with Gasteiger partial charge in [-0.1, -0.05) is 17.7 Å². The predicted octanol–water partition coefficient (Wildman–Crippen LogP) is 2.27. The first-order valence-electron chi connectivity index (χ1n) is 4.90. The molecule has 5 nitrogen and oxygen atoms in total. The molecule has 0 aliphatic carbocycles. The van der Waals surface area contributed by atoms with Crippen molar-refractivity contribution < 1.29 is 4.92 Å². The zero-order valence-corrected chi connectivity index (χ0v) is 9.91. The molecule has 0 fully saturated rings. The lowest BCUT2D eigenvalue weighted by molar-refractivity contribution is -0.383. The van der Waals surface area contributed by atoms with Gasteiger partial charge in [0.2, 0.25) is 0 Å². The van der Waals surface area contributed by atoms with E-state index in [1.165, 1.54) is 6.07 Å². The van der Waals surface area contributed by atoms with Crippen molar-refractivity contribution in [3.63, 3.8) is 0 Å². The number of likely N-dealkylation sites (N-methyl/N-ethyl adjacent to an activating group) is 1. The summed E-state index contributed by atoms with van der Waals surface area (Å²) in [4.78, 5) is 10.3. The summed E-state index contributed by atoms with van der Waals surface area (Å²) in [5.41, 5.74) is 0.368. The highest BCUT2D eigenvalue weighted by Gasteiger charge is 2.16. The highest BCUT2D eigenvalue weighted by atomic mass is 35.5. The van der Waals surface area contributed by atoms with Gasteiger partial charge in [0, 0.05) is 18.7 Å². The van der Waals surface area contributed by atoms with Crippen LogP contribution in [0.1, 0.15) is 6.92 Å². The summed E-state index contributed by atoms with van der Waals surface area (Å²) in [7, 11) is 1.83. The van der Waals surface area contributed by atoms with E-state index in [4.69, 9.17) is 11.6 Å². The fraction of sp³-hybridized carbons (Fsp3) is 0.400. The maximum absolute atomic E-state index is 10.8. The van der Waals surface area contributed by atoms with Crippen LogP contribution in [0.15, 0.2) is 18.2 Å². The summed E-state index contributed by atoms with van der Waals surface area (Å²) >= 11 is 5.91. The number of anilines is 1. The van der Waals surface area contributed by atoms with Gasteiger partial charge in [-0.05, 0) is 20.0 Å². The number of nitro benzene ring substituents is 1. The van der Waals surface area contributed by atoms with Crippen LogP contribution in [0, 0.1) is 10.1 Å². The maximum atomic E-state index is 10.8. The van der Waals surface area contributed by atoms with Crippen LogP contribution >= 0.6 is 11.6 Å². The van der Waals surface area contributed by atoms with Gasteiger partial charge in [0.15, 0.2) is 0 Å². The lowest BCUT2D eigenvalue weighted by atomic mass is 10.2. The molecule has 1 atom stereocenters. The van der Waals surface area contributed by atoms with Crippen molar-refractivity contribution in [2.24, 2.45) is 0 Å². The molecule has 0 saturated carbocycles. The van der Waals surface area contributed by atoms with Crippen molar-refractivity contribution in [2.45, 2.75) is 13.0 Å². The first-order chi connectivity index (χ1) is 7.56. The van der Waals surface area contributed by atoms with Crippen molar-refractivity contribution in [2.75, 3.05) is 18.9 Å². The van der Waals surface area contributed by atoms with Crippen LogP contribution in [-0.4, -0.2) is 24.6 Å². The molecule has 88 valence electrons. The van der Waals surface area contributed by atoms with Crippen LogP contribution in [0.4, 0.5) is 11.4 Å². The molecule has 16 heavy (non-hydrogen) atoms. The highest BCUT2D eigenvalue weighted by Crippen LogP contribution is 2.31. The number of nitrogens with zero attached hydrogens (tertiary/aromatic N) is 1. The van der Waals surface area contributed by atoms with E-state index in [0.29, 0.717) is 17.3 Å². The van der Waals surface area contributed by atoms with E-state index in [1.54, 1.807) is 12.1 Å². The van der Waals surface area contributed by atoms with Crippen molar-refractivity contribution in [1.82, 2.24) is 5.32 Å². The second-order valence-corrected chi connectivity index (χ2v) is 3.87. The van der Waals surface area contributed by atoms with Gasteiger partial charge < -0.3 is 10.6 Å². The normalized spacial score (nSPS) is 12.2. The second-order valence-electron chi connectivity index (χ2n) is 3.46. The van der Waals surface area contributed by atoms with E-state index in [-0.39, 0.29) is 11.7 Å². The molecule has 0 aromatic heterocycles. The Labute approximate surface area is 98.9 Å². The molecule has 6 heteroatoms. The molecule has 0 aliphatic heterocycles. The fourth-order valence-corrected chi connectivity index (χ4v) is 1.43. The lowest BCUT2D eigenvalue weighted by Gasteiger charge is -2.13. The summed E-state index contributed by atoms with van der Waals surface area (Å²) in [5.74, 6) is 0. The minimum Gasteiger partial charge on any atom is -0.377 e. The number of nitrogens with one attached hydrogen (secondary N) is 2. The molecule has 0 heterocycles. The molecule has 0 aliphatic rings. The maximum Gasteiger partial charge on any atom is 0.293 e. The first kappa shape index (κ1) is 12.7. The van der Waals surface area contributed by atoms with Gasteiger partial charge in [-0.15, -0.1) is 0 Å². The third kappa shape index (κ3) is 3.08. The smallest absolute Gasteiger partial charge is 0.293 e. The first-order valence-corrected chi connectivity index (χ1v) is 5.28. The number of nitro groups is 1. The lowest BCUT2D eigenvalue weighted by Crippen LogP contribution is -2.29. The summed E-state index contributed by atoms with van der Waals surface area (Å²) in [6.45, 7) is 2.54. The molecule has 0 spiro atoms. The zero-order chi connectivity index (χ0) is 12.1. The van der Waals surface area contributed by atoms with E-state index in [9.17, 15) is 10.1 Å². The Morgan fingerprint density at radius 1 is 1.56 bits per heavy atom. The third-order valence-corrected chi connectivity index (χ3v) is 2.58. The summed E-state index contributed by atoms with van der Waals surface area (Å²) < 4.78 is 0. The Hall–Kier alpha value is -1.33. The Morgan fingerprint density at radius 3 is 2.81 bits per heavy atom. The number of para-hydroxylation sites is 1. The molecular weight excluding hydrogens is 230 g/mol. The average Bonchev–Trinajstić information content (AvgIpc) is 2.26. The number of hydrogen-bond acceptors (Lipinski definition) is 4. The SMILES string of the molecule is CNC(C)CNc1c(Cl)cccc1[N+](=O)[O-]. The van der Waals surface area contributed by atoms with E-state index < -0.39 is 4.92 Å². The minimum atomic E-state index is -0.446. The van der Waals surface area contributed by atoms with Gasteiger partial charge in [-0.25, -0.2) is 0 Å². The monoisotopic (exact) mass is 243 g/mol. The van der Waals surface area contributed by atoms with Gasteiger partial charge in [0.25, 0.3) is 5.69 Å². The van der Waals surface area contributed by atoms with Gasteiger partial charge in [-0.3, -0.25) is 10.1 Å². The minimum absolute atomic E-state index is 0.00389. The van der Waals surface area contributed by atoms with Crippen LogP contribution in [0.25, 0.3) is 0 Å². The molecule has 1 aromatic rings. The highest BCUT2D eigenvalue weighted by molar-refractivity contribution is 6.33. The van der Waals surface area contributed by atoms with Crippen molar-refractivity contribution >= 4 is 23.0 Å². The van der Waals surface area contributed by atoms with Gasteiger partial charge in [0.1, 0.15) is 5.69 Å². The van der Waals surface area contributed by atoms with Crippen LogP contribution < -0.4 is 10.6 Å². The van der Waals surface area contributed by atoms with Crippen LogP contribution in [0.5, 0.6) is 0 Å².